The quantitative estimate of drug-likeness (QED) is 0.846. The number of aliphatic hydroxyl groups is 1. The summed E-state index contributed by atoms with van der Waals surface area (Å²) in [5, 5.41) is 12.6. The molecule has 6 heteroatoms. The van der Waals surface area contributed by atoms with Gasteiger partial charge in [-0.15, -0.1) is 0 Å². The van der Waals surface area contributed by atoms with E-state index in [9.17, 15) is 9.90 Å². The predicted molar refractivity (Wildman–Crippen MR) is 78.9 cm³/mol. The monoisotopic (exact) mass is 299 g/mol. The molecule has 1 rings (SSSR count). The molecule has 1 unspecified atom stereocenters. The first-order valence-electron chi connectivity index (χ1n) is 6.80. The molecular weight excluding hydrogens is 278 g/mol. The number of carbonyl (C=O) groups is 1. The molecule has 0 radical (unpaired) electrons. The van der Waals surface area contributed by atoms with E-state index in [1.807, 2.05) is 27.7 Å². The number of nitrogens with zero attached hydrogens (tertiary/aromatic N) is 2. The van der Waals surface area contributed by atoms with Crippen LogP contribution in [0.3, 0.4) is 0 Å². The minimum atomic E-state index is -0.566. The zero-order valence-electron chi connectivity index (χ0n) is 12.4. The van der Waals surface area contributed by atoms with Gasteiger partial charge in [0, 0.05) is 12.5 Å². The summed E-state index contributed by atoms with van der Waals surface area (Å²) in [4.78, 5) is 20.3. The normalized spacial score (nSPS) is 12.8. The first-order chi connectivity index (χ1) is 9.31. The van der Waals surface area contributed by atoms with E-state index in [0.29, 0.717) is 18.2 Å². The number of rotatable bonds is 6. The molecule has 1 atom stereocenters. The Hall–Kier alpha value is -1.20. The van der Waals surface area contributed by atoms with Gasteiger partial charge in [0.2, 0.25) is 0 Å². The van der Waals surface area contributed by atoms with Gasteiger partial charge in [0.1, 0.15) is 11.5 Å². The Morgan fingerprint density at radius 1 is 1.40 bits per heavy atom. The molecule has 1 amide bonds. The van der Waals surface area contributed by atoms with E-state index in [0.717, 1.165) is 0 Å². The fourth-order valence-electron chi connectivity index (χ4n) is 1.74. The van der Waals surface area contributed by atoms with Crippen molar-refractivity contribution in [1.82, 2.24) is 15.3 Å². The highest BCUT2D eigenvalue weighted by molar-refractivity contribution is 6.33. The first-order valence-corrected chi connectivity index (χ1v) is 7.17. The highest BCUT2D eigenvalue weighted by Crippen LogP contribution is 2.16. The Balaban J connectivity index is 2.70. The smallest absolute Gasteiger partial charge is 0.271 e. The molecule has 5 nitrogen and oxygen atoms in total. The maximum Gasteiger partial charge on any atom is 0.271 e. The van der Waals surface area contributed by atoms with Crippen LogP contribution in [0.1, 0.15) is 56.3 Å². The average Bonchev–Trinajstić information content (AvgIpc) is 2.35. The van der Waals surface area contributed by atoms with Gasteiger partial charge in [-0.05, 0) is 12.3 Å². The topological polar surface area (TPSA) is 75.1 Å². The molecule has 0 saturated heterocycles. The molecule has 0 bridgehead atoms. The number of hydrogen-bond acceptors (Lipinski definition) is 4. The van der Waals surface area contributed by atoms with Crippen molar-refractivity contribution in [2.45, 2.75) is 46.1 Å². The molecule has 1 aromatic rings. The van der Waals surface area contributed by atoms with Gasteiger partial charge in [-0.3, -0.25) is 4.79 Å². The van der Waals surface area contributed by atoms with Crippen LogP contribution in [0.5, 0.6) is 0 Å². The molecule has 2 N–H and O–H groups in total. The van der Waals surface area contributed by atoms with Crippen LogP contribution in [0.2, 0.25) is 5.02 Å². The molecular formula is C14H22ClN3O2. The molecule has 0 aliphatic carbocycles. The van der Waals surface area contributed by atoms with Crippen molar-refractivity contribution < 1.29 is 9.90 Å². The van der Waals surface area contributed by atoms with Crippen molar-refractivity contribution in [2.24, 2.45) is 5.92 Å². The van der Waals surface area contributed by atoms with E-state index in [4.69, 9.17) is 11.6 Å². The molecule has 0 aliphatic heterocycles. The third kappa shape index (κ3) is 5.06. The molecule has 0 fully saturated rings. The Morgan fingerprint density at radius 2 is 2.05 bits per heavy atom. The molecule has 20 heavy (non-hydrogen) atoms. The lowest BCUT2D eigenvalue weighted by Crippen LogP contribution is -2.33. The minimum Gasteiger partial charge on any atom is -0.391 e. The maximum absolute atomic E-state index is 12.0. The lowest BCUT2D eigenvalue weighted by atomic mass is 10.1. The summed E-state index contributed by atoms with van der Waals surface area (Å²) in [6.45, 7) is 8.10. The van der Waals surface area contributed by atoms with Gasteiger partial charge >= 0.3 is 0 Å². The van der Waals surface area contributed by atoms with Gasteiger partial charge in [0.25, 0.3) is 5.91 Å². The first kappa shape index (κ1) is 16.9. The summed E-state index contributed by atoms with van der Waals surface area (Å²) in [7, 11) is 0. The molecule has 1 heterocycles. The Bertz CT molecular complexity index is 464. The van der Waals surface area contributed by atoms with Gasteiger partial charge in [-0.25, -0.2) is 9.97 Å². The van der Waals surface area contributed by atoms with E-state index < -0.39 is 6.10 Å². The Kier molecular flexibility index (Phi) is 6.36. The maximum atomic E-state index is 12.0. The van der Waals surface area contributed by atoms with E-state index in [1.165, 1.54) is 6.20 Å². The molecule has 0 saturated carbocycles. The summed E-state index contributed by atoms with van der Waals surface area (Å²) in [5.74, 6) is 0.673. The highest BCUT2D eigenvalue weighted by Gasteiger charge is 2.16. The molecule has 0 spiro atoms. The van der Waals surface area contributed by atoms with E-state index in [-0.39, 0.29) is 29.1 Å². The number of aromatic nitrogens is 2. The van der Waals surface area contributed by atoms with E-state index in [1.54, 1.807) is 0 Å². The lowest BCUT2D eigenvalue weighted by Gasteiger charge is -2.14. The number of hydrogen-bond donors (Lipinski definition) is 2. The van der Waals surface area contributed by atoms with Crippen molar-refractivity contribution in [1.29, 1.82) is 0 Å². The number of amides is 1. The van der Waals surface area contributed by atoms with Crippen LogP contribution in [0.15, 0.2) is 6.20 Å². The minimum absolute atomic E-state index is 0.116. The van der Waals surface area contributed by atoms with Gasteiger partial charge < -0.3 is 10.4 Å². The standard InChI is InChI=1S/C14H22ClN3O2/c1-8(2)5-10(19)6-17-14(20)12-11(15)7-16-13(18-12)9(3)4/h7-10,19H,5-6H2,1-4H3,(H,17,20). The largest absolute Gasteiger partial charge is 0.391 e. The average molecular weight is 300 g/mol. The van der Waals surface area contributed by atoms with Crippen LogP contribution < -0.4 is 5.32 Å². The van der Waals surface area contributed by atoms with Crippen LogP contribution in [0.4, 0.5) is 0 Å². The number of carbonyl (C=O) groups excluding carboxylic acids is 1. The van der Waals surface area contributed by atoms with Crippen molar-refractivity contribution in [2.75, 3.05) is 6.54 Å². The molecule has 112 valence electrons. The van der Waals surface area contributed by atoms with Crippen LogP contribution >= 0.6 is 11.6 Å². The molecule has 1 aromatic heterocycles. The Morgan fingerprint density at radius 3 is 2.60 bits per heavy atom. The number of nitrogens with one attached hydrogen (secondary N) is 1. The van der Waals surface area contributed by atoms with Gasteiger partial charge in [-0.2, -0.15) is 0 Å². The van der Waals surface area contributed by atoms with E-state index in [2.05, 4.69) is 15.3 Å². The van der Waals surface area contributed by atoms with Crippen LogP contribution in [0, 0.1) is 5.92 Å². The number of aliphatic hydroxyl groups excluding tert-OH is 1. The van der Waals surface area contributed by atoms with Crippen molar-refractivity contribution in [3.63, 3.8) is 0 Å². The second-order valence-electron chi connectivity index (χ2n) is 5.57. The summed E-state index contributed by atoms with van der Waals surface area (Å²) in [6, 6.07) is 0. The molecule has 0 aliphatic rings. The number of halogens is 1. The van der Waals surface area contributed by atoms with Gasteiger partial charge in [-0.1, -0.05) is 39.3 Å². The zero-order chi connectivity index (χ0) is 15.3. The predicted octanol–water partition coefficient (Wildman–Crippen LogP) is 2.39. The fraction of sp³-hybridized carbons (Fsp3) is 0.643. The Labute approximate surface area is 124 Å². The summed E-state index contributed by atoms with van der Waals surface area (Å²) in [5.41, 5.74) is 0.155. The van der Waals surface area contributed by atoms with Crippen LogP contribution in [-0.2, 0) is 0 Å². The lowest BCUT2D eigenvalue weighted by molar-refractivity contribution is 0.0895. The van der Waals surface area contributed by atoms with Crippen molar-refractivity contribution in [3.05, 3.63) is 22.7 Å². The van der Waals surface area contributed by atoms with Crippen LogP contribution in [0.25, 0.3) is 0 Å². The highest BCUT2D eigenvalue weighted by atomic mass is 35.5. The second-order valence-corrected chi connectivity index (χ2v) is 5.98. The van der Waals surface area contributed by atoms with Gasteiger partial charge in [0.05, 0.1) is 17.3 Å². The fourth-order valence-corrected chi connectivity index (χ4v) is 1.92. The van der Waals surface area contributed by atoms with Crippen LogP contribution in [-0.4, -0.2) is 33.6 Å². The van der Waals surface area contributed by atoms with Crippen molar-refractivity contribution >= 4 is 17.5 Å². The summed E-state index contributed by atoms with van der Waals surface area (Å²) < 4.78 is 0. The summed E-state index contributed by atoms with van der Waals surface area (Å²) in [6.07, 6.45) is 1.50. The van der Waals surface area contributed by atoms with Crippen molar-refractivity contribution in [3.8, 4) is 0 Å². The third-order valence-corrected chi connectivity index (χ3v) is 3.01. The molecule has 0 aromatic carbocycles. The SMILES string of the molecule is CC(C)CC(O)CNC(=O)c1nc(C(C)C)ncc1Cl. The van der Waals surface area contributed by atoms with E-state index >= 15 is 0 Å². The second kappa shape index (κ2) is 7.55. The zero-order valence-corrected chi connectivity index (χ0v) is 13.1. The third-order valence-electron chi connectivity index (χ3n) is 2.74. The van der Waals surface area contributed by atoms with Gasteiger partial charge in [0.15, 0.2) is 0 Å². The summed E-state index contributed by atoms with van der Waals surface area (Å²) >= 11 is 5.95.